The van der Waals surface area contributed by atoms with E-state index in [1.807, 2.05) is 0 Å². The fraction of sp³-hybridized carbons (Fsp3) is 0.280. The Labute approximate surface area is 252 Å². The van der Waals surface area contributed by atoms with Crippen LogP contribution in [-0.4, -0.2) is 64.9 Å². The first kappa shape index (κ1) is 31.7. The molecule has 0 aliphatic carbocycles. The molecule has 18 heteroatoms. The van der Waals surface area contributed by atoms with Gasteiger partial charge < -0.3 is 26.8 Å². The van der Waals surface area contributed by atoms with Crippen LogP contribution in [-0.2, 0) is 19.1 Å². The molecule has 3 atom stereocenters. The van der Waals surface area contributed by atoms with Crippen LogP contribution in [0.5, 0.6) is 0 Å². The number of esters is 2. The average Bonchev–Trinajstić information content (AvgIpc) is 3.32. The standard InChI is InChI=1S/C25H21BrClF4N7O5/c26-12-1-10(2-13(27)5-12)15(6-19(39)43-23(42)25(29,30)31)20(22(33)41)38-18-4-11(21(32)40)3-17(16(18)9-36-38)37-24-34-7-14(28)8-35-24/h1-5,9,14-15,20H,6-8H2,(H2,32,40)(H2,33,41)(H2,34,35,37)/t15-,20?/m0/s1. The summed E-state index contributed by atoms with van der Waals surface area (Å²) in [6.07, 6.45) is -6.32. The Kier molecular flexibility index (Phi) is 9.24. The van der Waals surface area contributed by atoms with E-state index < -0.39 is 54.5 Å². The molecule has 12 nitrogen and oxygen atoms in total. The van der Waals surface area contributed by atoms with Crippen LogP contribution in [0, 0.1) is 0 Å². The van der Waals surface area contributed by atoms with E-state index in [9.17, 15) is 36.7 Å². The molecule has 0 saturated carbocycles. The number of amides is 2. The lowest BCUT2D eigenvalue weighted by Crippen LogP contribution is -2.41. The molecule has 2 unspecified atom stereocenters. The summed E-state index contributed by atoms with van der Waals surface area (Å²) in [5.74, 6) is -7.53. The number of hydrogen-bond acceptors (Lipinski definition) is 9. The van der Waals surface area contributed by atoms with Crippen molar-refractivity contribution >= 4 is 73.8 Å². The second kappa shape index (κ2) is 12.5. The number of halogens is 6. The lowest BCUT2D eigenvalue weighted by Gasteiger charge is -2.26. The van der Waals surface area contributed by atoms with Gasteiger partial charge in [0.05, 0.1) is 36.9 Å². The molecular weight excluding hydrogens is 670 g/mol. The van der Waals surface area contributed by atoms with E-state index in [1.165, 1.54) is 36.5 Å². The fourth-order valence-electron chi connectivity index (χ4n) is 4.41. The van der Waals surface area contributed by atoms with Gasteiger partial charge in [0.1, 0.15) is 12.2 Å². The number of carbonyl (C=O) groups excluding carboxylic acids is 4. The summed E-state index contributed by atoms with van der Waals surface area (Å²) in [5.41, 5.74) is 11.7. The van der Waals surface area contributed by atoms with Crippen molar-refractivity contribution in [2.75, 3.05) is 18.4 Å². The van der Waals surface area contributed by atoms with E-state index in [0.29, 0.717) is 9.86 Å². The number of rotatable bonds is 8. The molecule has 1 aromatic heterocycles. The van der Waals surface area contributed by atoms with Crippen molar-refractivity contribution in [1.29, 1.82) is 0 Å². The molecule has 0 bridgehead atoms. The van der Waals surface area contributed by atoms with Crippen LogP contribution in [0.1, 0.15) is 34.3 Å². The molecule has 2 amide bonds. The fourth-order valence-corrected chi connectivity index (χ4v) is 5.30. The normalized spacial score (nSPS) is 16.5. The highest BCUT2D eigenvalue weighted by Crippen LogP contribution is 2.38. The number of carbonyl (C=O) groups is 4. The summed E-state index contributed by atoms with van der Waals surface area (Å²) in [7, 11) is 0. The molecule has 3 aromatic rings. The van der Waals surface area contributed by atoms with Gasteiger partial charge in [-0.2, -0.15) is 18.3 Å². The number of nitrogens with two attached hydrogens (primary N) is 2. The summed E-state index contributed by atoms with van der Waals surface area (Å²) in [6.45, 7) is -0.155. The molecule has 0 radical (unpaired) electrons. The minimum Gasteiger partial charge on any atom is -0.386 e. The van der Waals surface area contributed by atoms with Gasteiger partial charge in [0.2, 0.25) is 11.8 Å². The molecular formula is C25H21BrClF4N7O5. The second-order valence-electron chi connectivity index (χ2n) is 9.32. The van der Waals surface area contributed by atoms with E-state index in [1.54, 1.807) is 0 Å². The molecule has 0 fully saturated rings. The average molecular weight is 691 g/mol. The minimum absolute atomic E-state index is 0.0304. The van der Waals surface area contributed by atoms with Crippen LogP contribution < -0.4 is 22.1 Å². The third-order valence-corrected chi connectivity index (χ3v) is 6.94. The largest absolute Gasteiger partial charge is 0.491 e. The molecule has 0 saturated heterocycles. The molecule has 6 N–H and O–H groups in total. The van der Waals surface area contributed by atoms with Crippen molar-refractivity contribution < 1.29 is 41.5 Å². The first-order chi connectivity index (χ1) is 20.1. The van der Waals surface area contributed by atoms with Crippen LogP contribution in [0.3, 0.4) is 0 Å². The van der Waals surface area contributed by atoms with Gasteiger partial charge in [-0.15, -0.1) is 0 Å². The van der Waals surface area contributed by atoms with Crippen molar-refractivity contribution in [3.05, 3.63) is 57.2 Å². The number of aliphatic imine (C=N–C) groups is 1. The van der Waals surface area contributed by atoms with E-state index >= 15 is 0 Å². The van der Waals surface area contributed by atoms with Crippen molar-refractivity contribution in [3.63, 3.8) is 0 Å². The zero-order chi connectivity index (χ0) is 31.6. The topological polar surface area (TPSA) is 184 Å². The number of fused-ring (bicyclic) bond motifs is 1. The van der Waals surface area contributed by atoms with Gasteiger partial charge in [-0.25, -0.2) is 14.2 Å². The highest BCUT2D eigenvalue weighted by Gasteiger charge is 2.43. The highest BCUT2D eigenvalue weighted by molar-refractivity contribution is 9.10. The molecule has 2 aromatic carbocycles. The summed E-state index contributed by atoms with van der Waals surface area (Å²) in [4.78, 5) is 53.1. The Morgan fingerprint density at radius 1 is 1.19 bits per heavy atom. The number of benzene rings is 2. The van der Waals surface area contributed by atoms with Gasteiger partial charge in [0.25, 0.3) is 0 Å². The smallest absolute Gasteiger partial charge is 0.386 e. The van der Waals surface area contributed by atoms with Crippen molar-refractivity contribution in [2.45, 2.75) is 30.7 Å². The number of guanidine groups is 1. The van der Waals surface area contributed by atoms with E-state index in [0.717, 1.165) is 4.68 Å². The second-order valence-corrected chi connectivity index (χ2v) is 10.7. The molecule has 2 heterocycles. The first-order valence-electron chi connectivity index (χ1n) is 12.2. The molecule has 228 valence electrons. The molecule has 4 rings (SSSR count). The van der Waals surface area contributed by atoms with Gasteiger partial charge in [0, 0.05) is 26.4 Å². The molecule has 43 heavy (non-hydrogen) atoms. The van der Waals surface area contributed by atoms with Crippen LogP contribution >= 0.6 is 27.5 Å². The summed E-state index contributed by atoms with van der Waals surface area (Å²) in [5, 5.41) is 10.3. The van der Waals surface area contributed by atoms with Crippen LogP contribution in [0.4, 0.5) is 23.2 Å². The minimum atomic E-state index is -5.46. The third kappa shape index (κ3) is 7.40. The molecule has 1 aliphatic heterocycles. The summed E-state index contributed by atoms with van der Waals surface area (Å²) < 4.78 is 57.3. The summed E-state index contributed by atoms with van der Waals surface area (Å²) >= 11 is 9.40. The van der Waals surface area contributed by atoms with Crippen molar-refractivity contribution in [2.24, 2.45) is 16.5 Å². The number of aromatic nitrogens is 2. The number of alkyl halides is 4. The number of anilines is 1. The Bertz CT molecular complexity index is 1630. The van der Waals surface area contributed by atoms with Gasteiger partial charge >= 0.3 is 18.1 Å². The molecule has 1 aliphatic rings. The van der Waals surface area contributed by atoms with Gasteiger partial charge in [-0.05, 0) is 35.9 Å². The van der Waals surface area contributed by atoms with Gasteiger partial charge in [0.15, 0.2) is 5.96 Å². The van der Waals surface area contributed by atoms with E-state index in [2.05, 4.69) is 41.4 Å². The zero-order valence-electron chi connectivity index (χ0n) is 21.6. The monoisotopic (exact) mass is 689 g/mol. The maximum Gasteiger partial charge on any atom is 0.491 e. The number of nitrogens with one attached hydrogen (secondary N) is 2. The van der Waals surface area contributed by atoms with Crippen molar-refractivity contribution in [3.8, 4) is 0 Å². The Morgan fingerprint density at radius 3 is 2.49 bits per heavy atom. The van der Waals surface area contributed by atoms with Crippen LogP contribution in [0.2, 0.25) is 5.02 Å². The maximum atomic E-state index is 13.5. The number of primary amides is 2. The molecule has 0 spiro atoms. The van der Waals surface area contributed by atoms with E-state index in [-0.39, 0.29) is 46.4 Å². The van der Waals surface area contributed by atoms with E-state index in [4.69, 9.17) is 23.1 Å². The predicted octanol–water partition coefficient (Wildman–Crippen LogP) is 3.09. The Hall–Kier alpha value is -4.25. The maximum absolute atomic E-state index is 13.5. The Morgan fingerprint density at radius 2 is 1.91 bits per heavy atom. The lowest BCUT2D eigenvalue weighted by atomic mass is 9.87. The first-order valence-corrected chi connectivity index (χ1v) is 13.4. The number of ether oxygens (including phenoxy) is 1. The van der Waals surface area contributed by atoms with Crippen LogP contribution in [0.15, 0.2) is 46.0 Å². The van der Waals surface area contributed by atoms with Crippen molar-refractivity contribution in [1.82, 2.24) is 15.1 Å². The van der Waals surface area contributed by atoms with Gasteiger partial charge in [-0.3, -0.25) is 19.1 Å². The van der Waals surface area contributed by atoms with Crippen LogP contribution in [0.25, 0.3) is 10.9 Å². The highest BCUT2D eigenvalue weighted by atomic mass is 79.9. The van der Waals surface area contributed by atoms with Gasteiger partial charge in [-0.1, -0.05) is 27.5 Å². The number of nitrogens with zero attached hydrogens (tertiary/aromatic N) is 3. The third-order valence-electron chi connectivity index (χ3n) is 6.27. The summed E-state index contributed by atoms with van der Waals surface area (Å²) in [6, 6.07) is 5.29. The quantitative estimate of drug-likeness (QED) is 0.158. The lowest BCUT2D eigenvalue weighted by molar-refractivity contribution is -0.202. The SMILES string of the molecule is NC(=O)c1cc(NC2=NCC(F)CN2)c2cnn(C(C(N)=O)[C@@H](CC(=O)OC(=O)C(F)(F)F)c3cc(Cl)cc(Br)c3)c2c1. The Balaban J connectivity index is 1.85. The number of hydrogen-bond donors (Lipinski definition) is 4. The predicted molar refractivity (Wildman–Crippen MR) is 149 cm³/mol. The zero-order valence-corrected chi connectivity index (χ0v) is 24.0.